The molecule has 0 bridgehead atoms. The van der Waals surface area contributed by atoms with E-state index in [4.69, 9.17) is 49.3 Å². The van der Waals surface area contributed by atoms with E-state index >= 15 is 0 Å². The van der Waals surface area contributed by atoms with Gasteiger partial charge < -0.3 is 19.2 Å². The van der Waals surface area contributed by atoms with Gasteiger partial charge in [-0.1, -0.05) is 86.5 Å². The first-order valence-electron chi connectivity index (χ1n) is 11.1. The first kappa shape index (κ1) is 26.6. The molecular weight excluding hydrogens is 493 g/mol. The van der Waals surface area contributed by atoms with Gasteiger partial charge in [0.25, 0.3) is 0 Å². The van der Waals surface area contributed by atoms with Gasteiger partial charge in [0.15, 0.2) is 8.32 Å². The summed E-state index contributed by atoms with van der Waals surface area (Å²) >= 11 is 18.1. The molecule has 1 aliphatic rings. The van der Waals surface area contributed by atoms with Crippen molar-refractivity contribution in [2.75, 3.05) is 6.61 Å². The Morgan fingerprint density at radius 1 is 1.00 bits per heavy atom. The number of rotatable bonds is 9. The van der Waals surface area contributed by atoms with Gasteiger partial charge in [0, 0.05) is 10.0 Å². The lowest BCUT2D eigenvalue weighted by Gasteiger charge is -2.37. The van der Waals surface area contributed by atoms with Gasteiger partial charge >= 0.3 is 0 Å². The average molecular weight is 527 g/mol. The van der Waals surface area contributed by atoms with Crippen molar-refractivity contribution in [2.45, 2.75) is 70.4 Å². The molecule has 3 rings (SSSR count). The van der Waals surface area contributed by atoms with Gasteiger partial charge in [0.1, 0.15) is 17.2 Å². The standard InChI is InChI=1S/C25H33Cl2NO3SSi/c1-25(2,3)33(4,5)31-16-21-22(29-14-17-9-8-11-19(26)13-17)23(24(32)28-21)30-15-18-10-6-7-12-20(18)27/h6-13,21-23H,14-16H2,1-5H3,(H,28,32). The Morgan fingerprint density at radius 2 is 1.73 bits per heavy atom. The second kappa shape index (κ2) is 11.2. The molecule has 1 saturated heterocycles. The minimum atomic E-state index is -1.93. The van der Waals surface area contributed by atoms with Crippen molar-refractivity contribution in [1.29, 1.82) is 0 Å². The first-order chi connectivity index (χ1) is 15.5. The molecule has 2 aromatic carbocycles. The minimum Gasteiger partial charge on any atom is -0.415 e. The van der Waals surface area contributed by atoms with Crippen LogP contribution in [-0.4, -0.2) is 38.2 Å². The molecule has 1 heterocycles. The van der Waals surface area contributed by atoms with Gasteiger partial charge in [-0.3, -0.25) is 0 Å². The summed E-state index contributed by atoms with van der Waals surface area (Å²) in [6.45, 7) is 12.4. The first-order valence-corrected chi connectivity index (χ1v) is 15.2. The van der Waals surface area contributed by atoms with Crippen molar-refractivity contribution in [3.05, 3.63) is 69.7 Å². The summed E-state index contributed by atoms with van der Waals surface area (Å²) in [7, 11) is -1.93. The third kappa shape index (κ3) is 7.01. The Hall–Kier alpha value is -0.993. The lowest BCUT2D eigenvalue weighted by Crippen LogP contribution is -2.47. The van der Waals surface area contributed by atoms with E-state index in [1.54, 1.807) is 0 Å². The topological polar surface area (TPSA) is 39.7 Å². The fraction of sp³-hybridized carbons (Fsp3) is 0.480. The second-order valence-corrected chi connectivity index (χ2v) is 16.0. The summed E-state index contributed by atoms with van der Waals surface area (Å²) < 4.78 is 19.1. The highest BCUT2D eigenvalue weighted by atomic mass is 35.5. The molecule has 0 aromatic heterocycles. The second-order valence-electron chi connectivity index (χ2n) is 9.91. The van der Waals surface area contributed by atoms with E-state index in [9.17, 15) is 0 Å². The van der Waals surface area contributed by atoms with Crippen LogP contribution in [0.15, 0.2) is 48.5 Å². The van der Waals surface area contributed by atoms with Crippen LogP contribution in [0.1, 0.15) is 31.9 Å². The highest BCUT2D eigenvalue weighted by Gasteiger charge is 2.44. The van der Waals surface area contributed by atoms with E-state index in [-0.39, 0.29) is 17.2 Å². The zero-order valence-corrected chi connectivity index (χ0v) is 23.2. The summed E-state index contributed by atoms with van der Waals surface area (Å²) in [6, 6.07) is 15.2. The fourth-order valence-corrected chi connectivity index (χ4v) is 5.13. The molecule has 0 aliphatic carbocycles. The van der Waals surface area contributed by atoms with E-state index in [0.29, 0.717) is 34.9 Å². The van der Waals surface area contributed by atoms with Crippen LogP contribution in [-0.2, 0) is 27.1 Å². The molecular formula is C25H33Cl2NO3SSi. The molecule has 0 spiro atoms. The number of hydrogen-bond acceptors (Lipinski definition) is 4. The van der Waals surface area contributed by atoms with Crippen LogP contribution in [0.3, 0.4) is 0 Å². The molecule has 180 valence electrons. The van der Waals surface area contributed by atoms with Crippen LogP contribution >= 0.6 is 35.4 Å². The van der Waals surface area contributed by atoms with Crippen LogP contribution in [0.25, 0.3) is 0 Å². The maximum absolute atomic E-state index is 6.50. The number of halogens is 2. The van der Waals surface area contributed by atoms with Gasteiger partial charge in [-0.05, 0) is 47.5 Å². The normalized spacial score (nSPS) is 21.3. The highest BCUT2D eigenvalue weighted by Crippen LogP contribution is 2.37. The molecule has 1 N–H and O–H groups in total. The van der Waals surface area contributed by atoms with Crippen molar-refractivity contribution < 1.29 is 13.9 Å². The average Bonchev–Trinajstić information content (AvgIpc) is 3.04. The van der Waals surface area contributed by atoms with Gasteiger partial charge in [0.2, 0.25) is 0 Å². The van der Waals surface area contributed by atoms with Crippen molar-refractivity contribution in [1.82, 2.24) is 5.32 Å². The SMILES string of the molecule is CC(C)(C)[Si](C)(C)OCC1NC(=S)C(OCc2ccccc2Cl)C1OCc1cccc(Cl)c1. The van der Waals surface area contributed by atoms with Gasteiger partial charge in [-0.15, -0.1) is 0 Å². The Morgan fingerprint density at radius 3 is 2.39 bits per heavy atom. The van der Waals surface area contributed by atoms with Crippen LogP contribution in [0.4, 0.5) is 0 Å². The number of nitrogens with one attached hydrogen (secondary N) is 1. The maximum atomic E-state index is 6.50. The van der Waals surface area contributed by atoms with E-state index in [2.05, 4.69) is 39.2 Å². The summed E-state index contributed by atoms with van der Waals surface area (Å²) in [5, 5.41) is 4.86. The van der Waals surface area contributed by atoms with E-state index < -0.39 is 14.4 Å². The summed E-state index contributed by atoms with van der Waals surface area (Å²) in [5.74, 6) is 0. The van der Waals surface area contributed by atoms with Crippen LogP contribution in [0, 0.1) is 0 Å². The van der Waals surface area contributed by atoms with E-state index in [0.717, 1.165) is 11.1 Å². The molecule has 1 fully saturated rings. The third-order valence-electron chi connectivity index (χ3n) is 6.42. The summed E-state index contributed by atoms with van der Waals surface area (Å²) in [6.07, 6.45) is -0.702. The molecule has 3 unspecified atom stereocenters. The number of ether oxygens (including phenoxy) is 2. The molecule has 8 heteroatoms. The summed E-state index contributed by atoms with van der Waals surface area (Å²) in [5.41, 5.74) is 1.91. The van der Waals surface area contributed by atoms with Crippen molar-refractivity contribution >= 4 is 48.7 Å². The quantitative estimate of drug-likeness (QED) is 0.288. The lowest BCUT2D eigenvalue weighted by molar-refractivity contribution is -0.0610. The third-order valence-corrected chi connectivity index (χ3v) is 11.9. The van der Waals surface area contributed by atoms with Gasteiger partial charge in [0.05, 0.1) is 25.9 Å². The Labute approximate surface area is 214 Å². The highest BCUT2D eigenvalue weighted by molar-refractivity contribution is 7.80. The Bertz CT molecular complexity index is 967. The zero-order chi connectivity index (χ0) is 24.2. The van der Waals surface area contributed by atoms with Crippen molar-refractivity contribution in [3.8, 4) is 0 Å². The largest absolute Gasteiger partial charge is 0.415 e. The molecule has 3 atom stereocenters. The fourth-order valence-electron chi connectivity index (χ4n) is 3.35. The zero-order valence-electron chi connectivity index (χ0n) is 19.9. The minimum absolute atomic E-state index is 0.109. The predicted molar refractivity (Wildman–Crippen MR) is 143 cm³/mol. The smallest absolute Gasteiger partial charge is 0.192 e. The van der Waals surface area contributed by atoms with Crippen molar-refractivity contribution in [2.24, 2.45) is 0 Å². The predicted octanol–water partition coefficient (Wildman–Crippen LogP) is 6.79. The lowest BCUT2D eigenvalue weighted by atomic mass is 10.1. The van der Waals surface area contributed by atoms with Crippen LogP contribution in [0.2, 0.25) is 28.2 Å². The van der Waals surface area contributed by atoms with Crippen LogP contribution < -0.4 is 5.32 Å². The van der Waals surface area contributed by atoms with E-state index in [1.165, 1.54) is 0 Å². The molecule has 2 aromatic rings. The Balaban J connectivity index is 1.74. The molecule has 0 amide bonds. The van der Waals surface area contributed by atoms with Crippen LogP contribution in [0.5, 0.6) is 0 Å². The number of benzene rings is 2. The van der Waals surface area contributed by atoms with Gasteiger partial charge in [-0.2, -0.15) is 0 Å². The molecule has 33 heavy (non-hydrogen) atoms. The molecule has 1 aliphatic heterocycles. The summed E-state index contributed by atoms with van der Waals surface area (Å²) in [4.78, 5) is 0.627. The van der Waals surface area contributed by atoms with Gasteiger partial charge in [-0.25, -0.2) is 0 Å². The number of thiocarbonyl (C=S) groups is 1. The Kier molecular flexibility index (Phi) is 9.00. The molecule has 0 radical (unpaired) electrons. The number of hydrogen-bond donors (Lipinski definition) is 1. The van der Waals surface area contributed by atoms with E-state index in [1.807, 2.05) is 48.5 Å². The monoisotopic (exact) mass is 525 g/mol. The maximum Gasteiger partial charge on any atom is 0.192 e. The molecule has 0 saturated carbocycles. The molecule has 4 nitrogen and oxygen atoms in total. The van der Waals surface area contributed by atoms with Crippen molar-refractivity contribution in [3.63, 3.8) is 0 Å².